The van der Waals surface area contributed by atoms with Crippen LogP contribution < -0.4 is 4.74 Å². The summed E-state index contributed by atoms with van der Waals surface area (Å²) >= 11 is 0. The van der Waals surface area contributed by atoms with E-state index in [9.17, 15) is 9.59 Å². The van der Waals surface area contributed by atoms with Gasteiger partial charge in [-0.1, -0.05) is 25.3 Å². The largest absolute Gasteiger partial charge is 0.486 e. The van der Waals surface area contributed by atoms with Crippen molar-refractivity contribution >= 4 is 11.7 Å². The van der Waals surface area contributed by atoms with E-state index in [1.54, 1.807) is 0 Å². The quantitative estimate of drug-likeness (QED) is 0.765. The van der Waals surface area contributed by atoms with E-state index in [2.05, 4.69) is 6.07 Å². The number of amides is 1. The third-order valence-electron chi connectivity index (χ3n) is 6.74. The number of hydrogen-bond acceptors (Lipinski definition) is 3. The molecule has 1 saturated carbocycles. The van der Waals surface area contributed by atoms with Crippen LogP contribution in [0.2, 0.25) is 0 Å². The average molecular weight is 370 g/mol. The second-order valence-corrected chi connectivity index (χ2v) is 8.93. The van der Waals surface area contributed by atoms with Crippen molar-refractivity contribution in [3.63, 3.8) is 0 Å². The first-order valence-electron chi connectivity index (χ1n) is 10.6. The molecular weight excluding hydrogens is 338 g/mol. The van der Waals surface area contributed by atoms with Crippen LogP contribution in [0.4, 0.5) is 0 Å². The zero-order valence-electron chi connectivity index (χ0n) is 16.7. The highest BCUT2D eigenvalue weighted by atomic mass is 16.5. The van der Waals surface area contributed by atoms with E-state index in [0.29, 0.717) is 37.8 Å². The highest BCUT2D eigenvalue weighted by Crippen LogP contribution is 2.41. The van der Waals surface area contributed by atoms with Gasteiger partial charge in [-0.2, -0.15) is 0 Å². The first kappa shape index (κ1) is 18.5. The SMILES string of the molecule is Cc1cc(C)c2c(c1)C(=O)CC1(CCN(C(=O)CC3CCCCC3)CC1)O2. The molecule has 1 aromatic rings. The first-order chi connectivity index (χ1) is 13.0. The lowest BCUT2D eigenvalue weighted by molar-refractivity contribution is -0.136. The summed E-state index contributed by atoms with van der Waals surface area (Å²) in [5.74, 6) is 1.82. The number of ketones is 1. The van der Waals surface area contributed by atoms with Crippen molar-refractivity contribution in [1.29, 1.82) is 0 Å². The number of nitrogens with zero attached hydrogens (tertiary/aromatic N) is 1. The molecule has 2 aliphatic heterocycles. The summed E-state index contributed by atoms with van der Waals surface area (Å²) in [6.45, 7) is 5.44. The summed E-state index contributed by atoms with van der Waals surface area (Å²) in [7, 11) is 0. The van der Waals surface area contributed by atoms with Crippen LogP contribution in [0.25, 0.3) is 0 Å². The molecule has 1 spiro atoms. The Morgan fingerprint density at radius 3 is 2.56 bits per heavy atom. The summed E-state index contributed by atoms with van der Waals surface area (Å²) in [6, 6.07) is 4.02. The number of fused-ring (bicyclic) bond motifs is 1. The summed E-state index contributed by atoms with van der Waals surface area (Å²) in [5, 5.41) is 0. The Hall–Kier alpha value is -1.84. The van der Waals surface area contributed by atoms with Gasteiger partial charge in [0.1, 0.15) is 11.4 Å². The Bertz CT molecular complexity index is 740. The molecule has 0 bridgehead atoms. The van der Waals surface area contributed by atoms with E-state index in [4.69, 9.17) is 4.74 Å². The minimum absolute atomic E-state index is 0.185. The van der Waals surface area contributed by atoms with E-state index in [1.807, 2.05) is 24.8 Å². The first-order valence-corrected chi connectivity index (χ1v) is 10.6. The molecule has 0 atom stereocenters. The number of Topliss-reactive ketones (excluding diaryl/α,β-unsaturated/α-hetero) is 1. The minimum atomic E-state index is -0.425. The van der Waals surface area contributed by atoms with Crippen LogP contribution in [-0.2, 0) is 4.79 Å². The maximum Gasteiger partial charge on any atom is 0.222 e. The van der Waals surface area contributed by atoms with Gasteiger partial charge in [-0.15, -0.1) is 0 Å². The number of hydrogen-bond donors (Lipinski definition) is 0. The Morgan fingerprint density at radius 2 is 1.85 bits per heavy atom. The molecule has 0 unspecified atom stereocenters. The van der Waals surface area contributed by atoms with Gasteiger partial charge in [0, 0.05) is 32.4 Å². The summed E-state index contributed by atoms with van der Waals surface area (Å²) in [5.41, 5.74) is 2.44. The van der Waals surface area contributed by atoms with Crippen LogP contribution in [0.1, 0.15) is 79.3 Å². The van der Waals surface area contributed by atoms with Crippen LogP contribution in [0.15, 0.2) is 12.1 Å². The molecule has 1 saturated heterocycles. The maximum atomic E-state index is 12.8. The molecule has 0 aromatic heterocycles. The molecule has 2 heterocycles. The average Bonchev–Trinajstić information content (AvgIpc) is 2.64. The van der Waals surface area contributed by atoms with E-state index >= 15 is 0 Å². The number of piperidine rings is 1. The summed E-state index contributed by atoms with van der Waals surface area (Å²) in [6.07, 6.45) is 8.92. The van der Waals surface area contributed by atoms with Gasteiger partial charge < -0.3 is 9.64 Å². The second kappa shape index (κ2) is 7.29. The lowest BCUT2D eigenvalue weighted by atomic mass is 9.81. The topological polar surface area (TPSA) is 46.6 Å². The Kier molecular flexibility index (Phi) is 5.00. The zero-order chi connectivity index (χ0) is 19.0. The number of ether oxygens (including phenoxy) is 1. The molecule has 0 N–H and O–H groups in total. The van der Waals surface area contributed by atoms with Crippen molar-refractivity contribution < 1.29 is 14.3 Å². The molecule has 2 fully saturated rings. The van der Waals surface area contributed by atoms with Crippen LogP contribution >= 0.6 is 0 Å². The Morgan fingerprint density at radius 1 is 1.15 bits per heavy atom. The van der Waals surface area contributed by atoms with E-state index in [-0.39, 0.29) is 5.78 Å². The maximum absolute atomic E-state index is 12.8. The molecule has 0 radical (unpaired) electrons. The zero-order valence-corrected chi connectivity index (χ0v) is 16.7. The van der Waals surface area contributed by atoms with Gasteiger partial charge in [0.2, 0.25) is 5.91 Å². The van der Waals surface area contributed by atoms with Gasteiger partial charge in [-0.25, -0.2) is 0 Å². The van der Waals surface area contributed by atoms with Crippen LogP contribution in [-0.4, -0.2) is 35.3 Å². The molecule has 4 nitrogen and oxygen atoms in total. The van der Waals surface area contributed by atoms with Crippen molar-refractivity contribution in [1.82, 2.24) is 4.90 Å². The number of carbonyl (C=O) groups is 2. The fourth-order valence-corrected chi connectivity index (χ4v) is 5.15. The number of aryl methyl sites for hydroxylation is 2. The Balaban J connectivity index is 1.41. The van der Waals surface area contributed by atoms with Crippen LogP contribution in [0.3, 0.4) is 0 Å². The summed E-state index contributed by atoms with van der Waals surface area (Å²) in [4.78, 5) is 27.5. The van der Waals surface area contributed by atoms with Gasteiger partial charge >= 0.3 is 0 Å². The molecule has 146 valence electrons. The minimum Gasteiger partial charge on any atom is -0.486 e. The molecule has 1 aromatic carbocycles. The second-order valence-electron chi connectivity index (χ2n) is 8.93. The molecule has 3 aliphatic rings. The molecular formula is C23H31NO3. The lowest BCUT2D eigenvalue weighted by Crippen LogP contribution is -2.52. The third kappa shape index (κ3) is 3.76. The van der Waals surface area contributed by atoms with Gasteiger partial charge in [0.15, 0.2) is 5.78 Å². The lowest BCUT2D eigenvalue weighted by Gasteiger charge is -2.44. The fraction of sp³-hybridized carbons (Fsp3) is 0.652. The summed E-state index contributed by atoms with van der Waals surface area (Å²) < 4.78 is 6.44. The third-order valence-corrected chi connectivity index (χ3v) is 6.74. The molecule has 1 aliphatic carbocycles. The predicted molar refractivity (Wildman–Crippen MR) is 105 cm³/mol. The molecule has 4 rings (SSSR count). The van der Waals surface area contributed by atoms with Crippen molar-refractivity contribution in [2.75, 3.05) is 13.1 Å². The number of likely N-dealkylation sites (tertiary alicyclic amines) is 1. The van der Waals surface area contributed by atoms with Crippen molar-refractivity contribution in [2.24, 2.45) is 5.92 Å². The highest BCUT2D eigenvalue weighted by molar-refractivity contribution is 6.01. The molecule has 4 heteroatoms. The van der Waals surface area contributed by atoms with Gasteiger partial charge in [-0.3, -0.25) is 9.59 Å². The van der Waals surface area contributed by atoms with E-state index in [0.717, 1.165) is 35.3 Å². The standard InChI is InChI=1S/C23H31NO3/c1-16-12-17(2)22-19(13-16)20(25)15-23(27-22)8-10-24(11-9-23)21(26)14-18-6-4-3-5-7-18/h12-13,18H,3-11,14-15H2,1-2H3. The smallest absolute Gasteiger partial charge is 0.222 e. The van der Waals surface area contributed by atoms with Crippen LogP contribution in [0.5, 0.6) is 5.75 Å². The van der Waals surface area contributed by atoms with Gasteiger partial charge in [0.05, 0.1) is 12.0 Å². The molecule has 27 heavy (non-hydrogen) atoms. The number of rotatable bonds is 2. The normalized spacial score (nSPS) is 22.4. The van der Waals surface area contributed by atoms with Crippen molar-refractivity contribution in [3.05, 3.63) is 28.8 Å². The predicted octanol–water partition coefficient (Wildman–Crippen LogP) is 4.60. The van der Waals surface area contributed by atoms with Gasteiger partial charge in [-0.05, 0) is 49.8 Å². The van der Waals surface area contributed by atoms with E-state index in [1.165, 1.54) is 32.1 Å². The molecule has 1 amide bonds. The van der Waals surface area contributed by atoms with Crippen molar-refractivity contribution in [2.45, 2.75) is 77.2 Å². The fourth-order valence-electron chi connectivity index (χ4n) is 5.15. The van der Waals surface area contributed by atoms with E-state index < -0.39 is 5.60 Å². The van der Waals surface area contributed by atoms with Gasteiger partial charge in [0.25, 0.3) is 0 Å². The number of benzene rings is 1. The number of carbonyl (C=O) groups excluding carboxylic acids is 2. The monoisotopic (exact) mass is 369 g/mol. The Labute approximate surface area is 162 Å². The van der Waals surface area contributed by atoms with Crippen LogP contribution in [0, 0.1) is 19.8 Å². The van der Waals surface area contributed by atoms with Crippen molar-refractivity contribution in [3.8, 4) is 5.75 Å². The highest BCUT2D eigenvalue weighted by Gasteiger charge is 2.44.